The Morgan fingerprint density at radius 1 is 1.07 bits per heavy atom. The number of hydrogen-bond donors (Lipinski definition) is 2. The molecule has 0 saturated carbocycles. The zero-order valence-electron chi connectivity index (χ0n) is 16.7. The zero-order chi connectivity index (χ0) is 20.3. The Morgan fingerprint density at radius 3 is 2.61 bits per heavy atom. The average Bonchev–Trinajstić information content (AvgIpc) is 3.04. The van der Waals surface area contributed by atoms with Crippen LogP contribution in [-0.4, -0.2) is 41.9 Å². The first-order chi connectivity index (χ1) is 13.3. The van der Waals surface area contributed by atoms with Gasteiger partial charge in [0.2, 0.25) is 5.91 Å². The second kappa shape index (κ2) is 8.27. The summed E-state index contributed by atoms with van der Waals surface area (Å²) in [6.45, 7) is 2.61. The molecule has 2 amide bonds. The van der Waals surface area contributed by atoms with Crippen LogP contribution in [0.2, 0.25) is 0 Å². The molecular weight excluding hydrogens is 352 g/mol. The molecule has 0 aliphatic carbocycles. The molecule has 2 N–H and O–H groups in total. The van der Waals surface area contributed by atoms with Crippen LogP contribution in [0.1, 0.15) is 22.3 Å². The Hall–Kier alpha value is -3.12. The van der Waals surface area contributed by atoms with Crippen LogP contribution in [0.15, 0.2) is 48.7 Å². The number of fused-ring (bicyclic) bond motifs is 1. The molecule has 0 unspecified atom stereocenters. The summed E-state index contributed by atoms with van der Waals surface area (Å²) in [5.41, 5.74) is 3.92. The number of anilines is 2. The SMILES string of the molecule is Cc1ccc(NC(=O)c2cccc3c2ccn3C)cc1NC(=O)CCN(C)C. The minimum absolute atomic E-state index is 0.0469. The molecule has 0 atom stereocenters. The van der Waals surface area contributed by atoms with Crippen molar-refractivity contribution in [2.75, 3.05) is 31.3 Å². The first-order valence-corrected chi connectivity index (χ1v) is 9.26. The summed E-state index contributed by atoms with van der Waals surface area (Å²) in [7, 11) is 5.82. The van der Waals surface area contributed by atoms with Crippen molar-refractivity contribution in [3.63, 3.8) is 0 Å². The van der Waals surface area contributed by atoms with E-state index in [1.54, 1.807) is 6.07 Å². The molecule has 146 valence electrons. The van der Waals surface area contributed by atoms with Gasteiger partial charge in [0.05, 0.1) is 0 Å². The maximum Gasteiger partial charge on any atom is 0.256 e. The van der Waals surface area contributed by atoms with Gasteiger partial charge in [0.25, 0.3) is 5.91 Å². The summed E-state index contributed by atoms with van der Waals surface area (Å²) >= 11 is 0. The first-order valence-electron chi connectivity index (χ1n) is 9.26. The number of nitrogens with zero attached hydrogens (tertiary/aromatic N) is 2. The zero-order valence-corrected chi connectivity index (χ0v) is 16.7. The highest BCUT2D eigenvalue weighted by Gasteiger charge is 2.13. The normalized spacial score (nSPS) is 11.0. The molecule has 0 aliphatic rings. The second-order valence-corrected chi connectivity index (χ2v) is 7.25. The van der Waals surface area contributed by atoms with Gasteiger partial charge in [-0.15, -0.1) is 0 Å². The standard InChI is InChI=1S/C22H26N4O2/c1-15-8-9-16(14-19(15)24-21(27)11-12-25(2)3)23-22(28)18-6-5-7-20-17(18)10-13-26(20)4/h5-10,13-14H,11-12H2,1-4H3,(H,23,28)(H,24,27). The van der Waals surface area contributed by atoms with Crippen molar-refractivity contribution in [1.82, 2.24) is 9.47 Å². The predicted octanol–water partition coefficient (Wildman–Crippen LogP) is 3.63. The highest BCUT2D eigenvalue weighted by molar-refractivity contribution is 6.12. The van der Waals surface area contributed by atoms with Crippen molar-refractivity contribution in [3.8, 4) is 0 Å². The Bertz CT molecular complexity index is 1020. The van der Waals surface area contributed by atoms with E-state index in [1.165, 1.54) is 0 Å². The summed E-state index contributed by atoms with van der Waals surface area (Å²) in [4.78, 5) is 26.9. The van der Waals surface area contributed by atoms with Crippen molar-refractivity contribution >= 4 is 34.1 Å². The molecule has 0 spiro atoms. The molecule has 3 aromatic rings. The molecule has 0 bridgehead atoms. The molecule has 28 heavy (non-hydrogen) atoms. The molecule has 6 heteroatoms. The highest BCUT2D eigenvalue weighted by Crippen LogP contribution is 2.23. The van der Waals surface area contributed by atoms with Crippen LogP contribution in [0, 0.1) is 6.92 Å². The van der Waals surface area contributed by atoms with Gasteiger partial charge in [0, 0.05) is 54.1 Å². The van der Waals surface area contributed by atoms with Crippen LogP contribution >= 0.6 is 0 Å². The van der Waals surface area contributed by atoms with Gasteiger partial charge in [0.1, 0.15) is 0 Å². The van der Waals surface area contributed by atoms with E-state index >= 15 is 0 Å². The third-order valence-electron chi connectivity index (χ3n) is 4.73. The van der Waals surface area contributed by atoms with Gasteiger partial charge in [-0.2, -0.15) is 0 Å². The molecule has 2 aromatic carbocycles. The molecule has 0 saturated heterocycles. The minimum atomic E-state index is -0.175. The van der Waals surface area contributed by atoms with Crippen LogP contribution in [-0.2, 0) is 11.8 Å². The maximum atomic E-state index is 12.8. The van der Waals surface area contributed by atoms with Gasteiger partial charge in [-0.3, -0.25) is 9.59 Å². The van der Waals surface area contributed by atoms with Crippen LogP contribution < -0.4 is 10.6 Å². The fourth-order valence-electron chi connectivity index (χ4n) is 3.07. The lowest BCUT2D eigenvalue weighted by atomic mass is 10.1. The van der Waals surface area contributed by atoms with Crippen LogP contribution in [0.5, 0.6) is 0 Å². The number of aryl methyl sites for hydroxylation is 2. The summed E-state index contributed by atoms with van der Waals surface area (Å²) in [6.07, 6.45) is 2.35. The number of aromatic nitrogens is 1. The first kappa shape index (κ1) is 19.6. The Morgan fingerprint density at radius 2 is 1.86 bits per heavy atom. The molecule has 6 nitrogen and oxygen atoms in total. The summed E-state index contributed by atoms with van der Waals surface area (Å²) in [5.74, 6) is -0.222. The Balaban J connectivity index is 1.77. The molecule has 0 aliphatic heterocycles. The lowest BCUT2D eigenvalue weighted by molar-refractivity contribution is -0.116. The number of hydrogen-bond acceptors (Lipinski definition) is 3. The quantitative estimate of drug-likeness (QED) is 0.688. The average molecular weight is 378 g/mol. The number of carbonyl (C=O) groups excluding carboxylic acids is 2. The second-order valence-electron chi connectivity index (χ2n) is 7.25. The van der Waals surface area contributed by atoms with Crippen LogP contribution in [0.4, 0.5) is 11.4 Å². The number of nitrogens with one attached hydrogen (secondary N) is 2. The fraction of sp³-hybridized carbons (Fsp3) is 0.273. The highest BCUT2D eigenvalue weighted by atomic mass is 16.2. The third kappa shape index (κ3) is 4.40. The van der Waals surface area contributed by atoms with Crippen molar-refractivity contribution in [1.29, 1.82) is 0 Å². The Labute approximate surface area is 165 Å². The Kier molecular flexibility index (Phi) is 5.80. The lowest BCUT2D eigenvalue weighted by Crippen LogP contribution is -2.21. The molecule has 0 radical (unpaired) electrons. The number of benzene rings is 2. The van der Waals surface area contributed by atoms with Gasteiger partial charge in [0.15, 0.2) is 0 Å². The van der Waals surface area contributed by atoms with Crippen molar-refractivity contribution in [2.45, 2.75) is 13.3 Å². The number of amides is 2. The number of rotatable bonds is 6. The predicted molar refractivity (Wildman–Crippen MR) is 114 cm³/mol. The van der Waals surface area contributed by atoms with E-state index in [4.69, 9.17) is 0 Å². The van der Waals surface area contributed by atoms with Gasteiger partial charge in [-0.25, -0.2) is 0 Å². The van der Waals surface area contributed by atoms with Crippen molar-refractivity contribution in [3.05, 3.63) is 59.8 Å². The van der Waals surface area contributed by atoms with Gasteiger partial charge in [-0.1, -0.05) is 12.1 Å². The maximum absolute atomic E-state index is 12.8. The van der Waals surface area contributed by atoms with Gasteiger partial charge < -0.3 is 20.1 Å². The van der Waals surface area contributed by atoms with E-state index < -0.39 is 0 Å². The largest absolute Gasteiger partial charge is 0.351 e. The lowest BCUT2D eigenvalue weighted by Gasteiger charge is -2.13. The third-order valence-corrected chi connectivity index (χ3v) is 4.73. The summed E-state index contributed by atoms with van der Waals surface area (Å²) < 4.78 is 1.99. The van der Waals surface area contributed by atoms with Crippen LogP contribution in [0.25, 0.3) is 10.9 Å². The number of carbonyl (C=O) groups is 2. The molecule has 1 heterocycles. The summed E-state index contributed by atoms with van der Waals surface area (Å²) in [6, 6.07) is 13.1. The monoisotopic (exact) mass is 378 g/mol. The molecule has 1 aromatic heterocycles. The van der Waals surface area contributed by atoms with E-state index in [0.29, 0.717) is 29.9 Å². The topological polar surface area (TPSA) is 66.4 Å². The van der Waals surface area contributed by atoms with Gasteiger partial charge >= 0.3 is 0 Å². The van der Waals surface area contributed by atoms with E-state index in [2.05, 4.69) is 10.6 Å². The van der Waals surface area contributed by atoms with Gasteiger partial charge in [-0.05, 0) is 56.9 Å². The van der Waals surface area contributed by atoms with Crippen LogP contribution in [0.3, 0.4) is 0 Å². The summed E-state index contributed by atoms with van der Waals surface area (Å²) in [5, 5.41) is 6.78. The minimum Gasteiger partial charge on any atom is -0.351 e. The fourth-order valence-corrected chi connectivity index (χ4v) is 3.07. The van der Waals surface area contributed by atoms with Crippen molar-refractivity contribution in [2.24, 2.45) is 7.05 Å². The molecule has 0 fully saturated rings. The van der Waals surface area contributed by atoms with E-state index in [9.17, 15) is 9.59 Å². The smallest absolute Gasteiger partial charge is 0.256 e. The van der Waals surface area contributed by atoms with E-state index in [-0.39, 0.29) is 11.8 Å². The van der Waals surface area contributed by atoms with Crippen molar-refractivity contribution < 1.29 is 9.59 Å². The molecule has 3 rings (SSSR count). The molecular formula is C22H26N4O2. The van der Waals surface area contributed by atoms with E-state index in [1.807, 2.05) is 80.1 Å². The van der Waals surface area contributed by atoms with E-state index in [0.717, 1.165) is 16.5 Å².